The number of hydrogen-bond acceptors (Lipinski definition) is 4. The molecule has 0 aliphatic heterocycles. The van der Waals surface area contributed by atoms with Gasteiger partial charge in [-0.25, -0.2) is 14.2 Å². The quantitative estimate of drug-likeness (QED) is 0.758. The van der Waals surface area contributed by atoms with Gasteiger partial charge in [0.05, 0.1) is 0 Å². The molecule has 4 nitrogen and oxygen atoms in total. The maximum atomic E-state index is 12.9. The maximum Gasteiger partial charge on any atom is 0.413 e. The highest BCUT2D eigenvalue weighted by atomic mass is 35.5. The van der Waals surface area contributed by atoms with Crippen molar-refractivity contribution in [2.75, 3.05) is 5.32 Å². The third-order valence-electron chi connectivity index (χ3n) is 2.39. The molecule has 1 amide bonds. The Hall–Kier alpha value is -2.10. The molecule has 1 aromatic carbocycles. The van der Waals surface area contributed by atoms with E-state index in [4.69, 9.17) is 16.3 Å². The summed E-state index contributed by atoms with van der Waals surface area (Å²) < 4.78 is 18.3. The number of ether oxygens (including phenoxy) is 1. The molecular formula is C16H14ClFN2O2S. The van der Waals surface area contributed by atoms with Crippen LogP contribution in [0.2, 0.25) is 4.47 Å². The van der Waals surface area contributed by atoms with Gasteiger partial charge in [0.25, 0.3) is 0 Å². The molecule has 0 unspecified atom stereocenters. The minimum atomic E-state index is -0.635. The van der Waals surface area contributed by atoms with Gasteiger partial charge in [-0.05, 0) is 51.0 Å². The first kappa shape index (κ1) is 17.3. The summed E-state index contributed by atoms with van der Waals surface area (Å²) in [6.45, 7) is 5.28. The van der Waals surface area contributed by atoms with E-state index in [0.29, 0.717) is 10.4 Å². The summed E-state index contributed by atoms with van der Waals surface area (Å²) in [5.41, 5.74) is 0.0169. The smallest absolute Gasteiger partial charge is 0.413 e. The molecule has 1 aromatic heterocycles. The van der Waals surface area contributed by atoms with Gasteiger partial charge in [0.15, 0.2) is 10.3 Å². The van der Waals surface area contributed by atoms with Crippen LogP contribution in [0.5, 0.6) is 0 Å². The molecule has 0 fully saturated rings. The van der Waals surface area contributed by atoms with Crippen molar-refractivity contribution in [3.63, 3.8) is 0 Å². The van der Waals surface area contributed by atoms with Gasteiger partial charge >= 0.3 is 6.09 Å². The molecule has 2 aromatic rings. The Morgan fingerprint density at radius 1 is 1.30 bits per heavy atom. The van der Waals surface area contributed by atoms with Gasteiger partial charge in [-0.3, -0.25) is 5.32 Å². The van der Waals surface area contributed by atoms with Gasteiger partial charge in [-0.1, -0.05) is 28.9 Å². The highest BCUT2D eigenvalue weighted by Crippen LogP contribution is 2.26. The van der Waals surface area contributed by atoms with E-state index in [1.54, 1.807) is 32.9 Å². The van der Waals surface area contributed by atoms with Crippen LogP contribution in [0.15, 0.2) is 24.3 Å². The number of aromatic nitrogens is 1. The van der Waals surface area contributed by atoms with Gasteiger partial charge < -0.3 is 4.74 Å². The van der Waals surface area contributed by atoms with E-state index in [9.17, 15) is 9.18 Å². The predicted molar refractivity (Wildman–Crippen MR) is 89.4 cm³/mol. The molecule has 0 aliphatic carbocycles. The second kappa shape index (κ2) is 6.99. The zero-order valence-electron chi connectivity index (χ0n) is 12.7. The normalized spacial score (nSPS) is 10.7. The predicted octanol–water partition coefficient (Wildman–Crippen LogP) is 4.68. The van der Waals surface area contributed by atoms with Crippen molar-refractivity contribution in [2.24, 2.45) is 0 Å². The van der Waals surface area contributed by atoms with Crippen LogP contribution in [-0.2, 0) is 4.74 Å². The van der Waals surface area contributed by atoms with Gasteiger partial charge in [0.2, 0.25) is 0 Å². The summed E-state index contributed by atoms with van der Waals surface area (Å²) in [6, 6.07) is 5.77. The highest BCUT2D eigenvalue weighted by Gasteiger charge is 2.18. The molecular weight excluding hydrogens is 339 g/mol. The Morgan fingerprint density at radius 3 is 2.57 bits per heavy atom. The Kier molecular flexibility index (Phi) is 5.24. The number of halogens is 2. The largest absolute Gasteiger partial charge is 0.444 e. The molecule has 0 radical (unpaired) electrons. The van der Waals surface area contributed by atoms with Gasteiger partial charge in [-0.15, -0.1) is 0 Å². The van der Waals surface area contributed by atoms with Gasteiger partial charge in [0.1, 0.15) is 16.3 Å². The molecule has 0 bridgehead atoms. The Labute approximate surface area is 142 Å². The van der Waals surface area contributed by atoms with Crippen molar-refractivity contribution in [1.82, 2.24) is 4.98 Å². The van der Waals surface area contributed by atoms with Crippen molar-refractivity contribution in [3.8, 4) is 11.8 Å². The minimum absolute atomic E-state index is 0.240. The molecule has 7 heteroatoms. The number of hydrogen-bond donors (Lipinski definition) is 1. The molecule has 0 saturated carbocycles. The first-order chi connectivity index (χ1) is 10.7. The minimum Gasteiger partial charge on any atom is -0.444 e. The van der Waals surface area contributed by atoms with Crippen LogP contribution in [0.25, 0.3) is 0 Å². The lowest BCUT2D eigenvalue weighted by atomic mass is 10.2. The van der Waals surface area contributed by atoms with Crippen molar-refractivity contribution in [1.29, 1.82) is 0 Å². The van der Waals surface area contributed by atoms with Crippen LogP contribution < -0.4 is 5.32 Å². The zero-order valence-corrected chi connectivity index (χ0v) is 14.3. The lowest BCUT2D eigenvalue weighted by molar-refractivity contribution is 0.0635. The summed E-state index contributed by atoms with van der Waals surface area (Å²) in [4.78, 5) is 16.3. The second-order valence-electron chi connectivity index (χ2n) is 5.53. The summed E-state index contributed by atoms with van der Waals surface area (Å²) >= 11 is 7.02. The van der Waals surface area contributed by atoms with E-state index in [-0.39, 0.29) is 16.1 Å². The maximum absolute atomic E-state index is 12.9. The SMILES string of the molecule is CC(C)(C)OC(=O)Nc1nc(Cl)sc1C#Cc1ccc(F)cc1. The van der Waals surface area contributed by atoms with E-state index in [2.05, 4.69) is 22.1 Å². The number of rotatable bonds is 1. The van der Waals surface area contributed by atoms with Crippen LogP contribution in [0.4, 0.5) is 15.0 Å². The molecule has 1 N–H and O–H groups in total. The highest BCUT2D eigenvalue weighted by molar-refractivity contribution is 7.16. The zero-order chi connectivity index (χ0) is 17.0. The van der Waals surface area contributed by atoms with Crippen LogP contribution >= 0.6 is 22.9 Å². The fourth-order valence-electron chi connectivity index (χ4n) is 1.53. The fraction of sp³-hybridized carbons (Fsp3) is 0.250. The monoisotopic (exact) mass is 352 g/mol. The number of thiazole rings is 1. The first-order valence-corrected chi connectivity index (χ1v) is 7.86. The Morgan fingerprint density at radius 2 is 1.96 bits per heavy atom. The summed E-state index contributed by atoms with van der Waals surface area (Å²) in [5, 5.41) is 2.52. The lowest BCUT2D eigenvalue weighted by Gasteiger charge is -2.19. The van der Waals surface area contributed by atoms with E-state index >= 15 is 0 Å². The third-order valence-corrected chi connectivity index (χ3v) is 3.46. The molecule has 0 saturated heterocycles. The van der Waals surface area contributed by atoms with E-state index < -0.39 is 11.7 Å². The molecule has 1 heterocycles. The Balaban J connectivity index is 2.18. The van der Waals surface area contributed by atoms with Gasteiger partial charge in [0, 0.05) is 5.56 Å². The fourth-order valence-corrected chi connectivity index (χ4v) is 2.44. The summed E-state index contributed by atoms with van der Waals surface area (Å²) in [7, 11) is 0. The van der Waals surface area contributed by atoms with Crippen LogP contribution in [0.3, 0.4) is 0 Å². The molecule has 23 heavy (non-hydrogen) atoms. The number of amides is 1. The molecule has 120 valence electrons. The molecule has 0 atom stereocenters. The molecule has 0 spiro atoms. The topological polar surface area (TPSA) is 51.2 Å². The van der Waals surface area contributed by atoms with E-state index in [1.165, 1.54) is 12.1 Å². The number of anilines is 1. The number of carbonyl (C=O) groups excluding carboxylic acids is 1. The van der Waals surface area contributed by atoms with Crippen molar-refractivity contribution < 1.29 is 13.9 Å². The average molecular weight is 353 g/mol. The van der Waals surface area contributed by atoms with Crippen LogP contribution in [0, 0.1) is 17.7 Å². The van der Waals surface area contributed by atoms with Crippen molar-refractivity contribution in [3.05, 3.63) is 45.0 Å². The third kappa shape index (κ3) is 5.55. The Bertz CT molecular complexity index is 770. The lowest BCUT2D eigenvalue weighted by Crippen LogP contribution is -2.27. The standard InChI is InChI=1S/C16H14ClFN2O2S/c1-16(2,3)22-15(21)20-13-12(23-14(17)19-13)9-6-10-4-7-11(18)8-5-10/h4-5,7-8H,1-3H3,(H,20,21). The number of nitrogens with zero attached hydrogens (tertiary/aromatic N) is 1. The van der Waals surface area contributed by atoms with Crippen LogP contribution in [0.1, 0.15) is 31.2 Å². The summed E-state index contributed by atoms with van der Waals surface area (Å²) in [6.07, 6.45) is -0.635. The first-order valence-electron chi connectivity index (χ1n) is 6.67. The summed E-state index contributed by atoms with van der Waals surface area (Å²) in [5.74, 6) is 5.64. The van der Waals surface area contributed by atoms with Gasteiger partial charge in [-0.2, -0.15) is 0 Å². The number of benzene rings is 1. The van der Waals surface area contributed by atoms with Crippen molar-refractivity contribution >= 4 is 34.8 Å². The number of nitrogens with one attached hydrogen (secondary N) is 1. The van der Waals surface area contributed by atoms with E-state index in [1.807, 2.05) is 0 Å². The number of carbonyl (C=O) groups is 1. The molecule has 2 rings (SSSR count). The van der Waals surface area contributed by atoms with Crippen molar-refractivity contribution in [2.45, 2.75) is 26.4 Å². The van der Waals surface area contributed by atoms with E-state index in [0.717, 1.165) is 11.3 Å². The second-order valence-corrected chi connectivity index (χ2v) is 7.11. The van der Waals surface area contributed by atoms with Crippen LogP contribution in [-0.4, -0.2) is 16.7 Å². The average Bonchev–Trinajstić information content (AvgIpc) is 2.76. The molecule has 0 aliphatic rings.